The van der Waals surface area contributed by atoms with E-state index >= 15 is 0 Å². The van der Waals surface area contributed by atoms with Crippen LogP contribution >= 0.6 is 0 Å². The number of hydrogen-bond donors (Lipinski definition) is 1. The van der Waals surface area contributed by atoms with E-state index < -0.39 is 17.6 Å². The van der Waals surface area contributed by atoms with E-state index in [2.05, 4.69) is 9.97 Å². The minimum absolute atomic E-state index is 0.0261. The van der Waals surface area contributed by atoms with Crippen LogP contribution in [0, 0.1) is 11.6 Å². The number of aryl methyl sites for hydroxylation is 1. The van der Waals surface area contributed by atoms with Gasteiger partial charge in [-0.05, 0) is 24.6 Å². The molecule has 0 fully saturated rings. The molecule has 104 valence electrons. The van der Waals surface area contributed by atoms with Gasteiger partial charge < -0.3 is 5.11 Å². The summed E-state index contributed by atoms with van der Waals surface area (Å²) in [6, 6.07) is 3.32. The van der Waals surface area contributed by atoms with E-state index in [-0.39, 0.29) is 11.4 Å². The van der Waals surface area contributed by atoms with Gasteiger partial charge in [-0.3, -0.25) is 0 Å². The predicted octanol–water partition coefficient (Wildman–Crippen LogP) is 3.07. The van der Waals surface area contributed by atoms with Gasteiger partial charge in [-0.25, -0.2) is 23.5 Å². The lowest BCUT2D eigenvalue weighted by Crippen LogP contribution is -2.07. The number of rotatable bonds is 4. The van der Waals surface area contributed by atoms with Crippen LogP contribution in [0.15, 0.2) is 24.4 Å². The fourth-order valence-corrected chi connectivity index (χ4v) is 1.80. The Hall–Kier alpha value is -2.37. The maximum Gasteiger partial charge on any atom is 0.339 e. The zero-order valence-corrected chi connectivity index (χ0v) is 10.7. The third kappa shape index (κ3) is 2.79. The molecule has 0 amide bonds. The Labute approximate surface area is 114 Å². The third-order valence-corrected chi connectivity index (χ3v) is 2.76. The minimum atomic E-state index is -1.11. The second-order valence-corrected chi connectivity index (χ2v) is 4.24. The highest BCUT2D eigenvalue weighted by molar-refractivity contribution is 5.88. The molecule has 0 saturated heterocycles. The van der Waals surface area contributed by atoms with Crippen molar-refractivity contribution >= 4 is 5.97 Å². The Kier molecular flexibility index (Phi) is 4.02. The first-order valence-corrected chi connectivity index (χ1v) is 6.07. The summed E-state index contributed by atoms with van der Waals surface area (Å²) in [6.45, 7) is 1.89. The largest absolute Gasteiger partial charge is 0.478 e. The number of aromatic carboxylic acids is 1. The van der Waals surface area contributed by atoms with Gasteiger partial charge in [-0.1, -0.05) is 13.3 Å². The fraction of sp³-hybridized carbons (Fsp3) is 0.214. The lowest BCUT2D eigenvalue weighted by atomic mass is 10.1. The molecule has 0 aliphatic heterocycles. The van der Waals surface area contributed by atoms with Crippen molar-refractivity contribution in [3.8, 4) is 11.4 Å². The molecule has 2 rings (SSSR count). The van der Waals surface area contributed by atoms with Gasteiger partial charge in [-0.15, -0.1) is 0 Å². The van der Waals surface area contributed by atoms with Crippen LogP contribution in [0.1, 0.15) is 29.4 Å². The van der Waals surface area contributed by atoms with Gasteiger partial charge in [0, 0.05) is 11.8 Å². The molecule has 0 unspecified atom stereocenters. The van der Waals surface area contributed by atoms with Crippen molar-refractivity contribution in [1.82, 2.24) is 9.97 Å². The van der Waals surface area contributed by atoms with Crippen molar-refractivity contribution in [1.29, 1.82) is 0 Å². The van der Waals surface area contributed by atoms with E-state index in [9.17, 15) is 13.6 Å². The molecule has 0 radical (unpaired) electrons. The Morgan fingerprint density at radius 2 is 2.05 bits per heavy atom. The summed E-state index contributed by atoms with van der Waals surface area (Å²) in [6.07, 6.45) is 2.38. The highest BCUT2D eigenvalue weighted by atomic mass is 19.2. The quantitative estimate of drug-likeness (QED) is 0.933. The van der Waals surface area contributed by atoms with Crippen molar-refractivity contribution in [2.24, 2.45) is 0 Å². The summed E-state index contributed by atoms with van der Waals surface area (Å²) in [5.74, 6) is -2.88. The number of carboxylic acids is 1. The van der Waals surface area contributed by atoms with E-state index in [1.807, 2.05) is 6.92 Å². The van der Waals surface area contributed by atoms with Crippen LogP contribution in [0.3, 0.4) is 0 Å². The minimum Gasteiger partial charge on any atom is -0.478 e. The van der Waals surface area contributed by atoms with Crippen LogP contribution in [-0.4, -0.2) is 21.0 Å². The van der Waals surface area contributed by atoms with Crippen molar-refractivity contribution in [3.05, 3.63) is 47.3 Å². The van der Waals surface area contributed by atoms with Crippen LogP contribution in [-0.2, 0) is 6.42 Å². The molecule has 1 N–H and O–H groups in total. The topological polar surface area (TPSA) is 63.1 Å². The molecule has 6 heteroatoms. The monoisotopic (exact) mass is 278 g/mol. The normalized spacial score (nSPS) is 10.6. The van der Waals surface area contributed by atoms with Crippen LogP contribution in [0.2, 0.25) is 0 Å². The number of carboxylic acid groups (broad SMARTS) is 1. The Bertz CT molecular complexity index is 660. The highest BCUT2D eigenvalue weighted by Crippen LogP contribution is 2.20. The van der Waals surface area contributed by atoms with Crippen LogP contribution in [0.5, 0.6) is 0 Å². The number of aromatic nitrogens is 2. The summed E-state index contributed by atoms with van der Waals surface area (Å²) < 4.78 is 26.1. The Balaban J connectivity index is 2.49. The molecule has 1 aromatic heterocycles. The van der Waals surface area contributed by atoms with Crippen molar-refractivity contribution in [2.45, 2.75) is 19.8 Å². The van der Waals surface area contributed by atoms with Crippen molar-refractivity contribution < 1.29 is 18.7 Å². The second-order valence-electron chi connectivity index (χ2n) is 4.24. The van der Waals surface area contributed by atoms with Gasteiger partial charge >= 0.3 is 5.97 Å². The van der Waals surface area contributed by atoms with E-state index in [1.165, 1.54) is 12.3 Å². The van der Waals surface area contributed by atoms with Gasteiger partial charge in [-0.2, -0.15) is 0 Å². The molecule has 0 aliphatic carbocycles. The lowest BCUT2D eigenvalue weighted by Gasteiger charge is -2.07. The number of carbonyl (C=O) groups is 1. The highest BCUT2D eigenvalue weighted by Gasteiger charge is 2.14. The molecule has 1 heterocycles. The summed E-state index contributed by atoms with van der Waals surface area (Å²) in [4.78, 5) is 19.1. The first-order valence-electron chi connectivity index (χ1n) is 6.07. The number of hydrogen-bond acceptors (Lipinski definition) is 3. The van der Waals surface area contributed by atoms with Gasteiger partial charge in [0.05, 0.1) is 11.3 Å². The van der Waals surface area contributed by atoms with Crippen molar-refractivity contribution in [2.75, 3.05) is 0 Å². The molecule has 0 bridgehead atoms. The smallest absolute Gasteiger partial charge is 0.339 e. The van der Waals surface area contributed by atoms with E-state index in [0.29, 0.717) is 24.1 Å². The van der Waals surface area contributed by atoms with E-state index in [0.717, 1.165) is 12.1 Å². The zero-order chi connectivity index (χ0) is 14.7. The maximum absolute atomic E-state index is 13.2. The van der Waals surface area contributed by atoms with E-state index in [1.54, 1.807) is 0 Å². The molecule has 2 aromatic rings. The lowest BCUT2D eigenvalue weighted by molar-refractivity contribution is 0.0694. The van der Waals surface area contributed by atoms with Gasteiger partial charge in [0.15, 0.2) is 17.5 Å². The first kappa shape index (κ1) is 14.0. The maximum atomic E-state index is 13.2. The van der Waals surface area contributed by atoms with Gasteiger partial charge in [0.25, 0.3) is 0 Å². The van der Waals surface area contributed by atoms with Crippen LogP contribution in [0.4, 0.5) is 8.78 Å². The van der Waals surface area contributed by atoms with Gasteiger partial charge in [0.1, 0.15) is 0 Å². The summed E-state index contributed by atoms with van der Waals surface area (Å²) >= 11 is 0. The second kappa shape index (κ2) is 5.73. The SMILES string of the molecule is CCCc1nc(-c2ccc(F)c(F)c2)ncc1C(=O)O. The molecule has 0 saturated carbocycles. The van der Waals surface area contributed by atoms with Gasteiger partial charge in [0.2, 0.25) is 0 Å². The summed E-state index contributed by atoms with van der Waals surface area (Å²) in [5.41, 5.74) is 0.714. The van der Waals surface area contributed by atoms with E-state index in [4.69, 9.17) is 5.11 Å². The molecule has 1 aromatic carbocycles. The first-order chi connectivity index (χ1) is 9.52. The van der Waals surface area contributed by atoms with Crippen LogP contribution in [0.25, 0.3) is 11.4 Å². The molecule has 4 nitrogen and oxygen atoms in total. The molecule has 0 spiro atoms. The number of benzene rings is 1. The molecular weight excluding hydrogens is 266 g/mol. The average Bonchev–Trinajstić information content (AvgIpc) is 2.42. The molecular formula is C14H12F2N2O2. The fourth-order valence-electron chi connectivity index (χ4n) is 1.80. The molecule has 0 atom stereocenters. The zero-order valence-electron chi connectivity index (χ0n) is 10.7. The van der Waals surface area contributed by atoms with Crippen molar-refractivity contribution in [3.63, 3.8) is 0 Å². The number of nitrogens with zero attached hydrogens (tertiary/aromatic N) is 2. The standard InChI is InChI=1S/C14H12F2N2O2/c1-2-3-12-9(14(19)20)7-17-13(18-12)8-4-5-10(15)11(16)6-8/h4-7H,2-3H2,1H3,(H,19,20). The third-order valence-electron chi connectivity index (χ3n) is 2.76. The average molecular weight is 278 g/mol. The molecule has 0 aliphatic rings. The Morgan fingerprint density at radius 3 is 2.65 bits per heavy atom. The van der Waals surface area contributed by atoms with Crippen LogP contribution < -0.4 is 0 Å². The summed E-state index contributed by atoms with van der Waals surface area (Å²) in [5, 5.41) is 9.04. The summed E-state index contributed by atoms with van der Waals surface area (Å²) in [7, 11) is 0. The number of halogens is 2. The molecule has 20 heavy (non-hydrogen) atoms. The Morgan fingerprint density at radius 1 is 1.30 bits per heavy atom. The predicted molar refractivity (Wildman–Crippen MR) is 68.3 cm³/mol.